The molecule has 0 aliphatic heterocycles. The fourth-order valence-corrected chi connectivity index (χ4v) is 11.2. The highest BCUT2D eigenvalue weighted by atomic mass is 32.2. The molecule has 0 aliphatic rings. The van der Waals surface area contributed by atoms with Crippen molar-refractivity contribution in [1.82, 2.24) is 52.9 Å². The Morgan fingerprint density at radius 1 is 0.479 bits per heavy atom. The molecule has 0 aromatic heterocycles. The van der Waals surface area contributed by atoms with Crippen molar-refractivity contribution >= 4 is 116 Å². The van der Waals surface area contributed by atoms with Gasteiger partial charge in [0.15, 0.2) is 0 Å². The van der Waals surface area contributed by atoms with E-state index >= 15 is 0 Å². The van der Waals surface area contributed by atoms with Crippen LogP contribution in [0.1, 0.15) is 118 Å². The fraction of sp³-hybridized carbons (Fsp3) is 0.286. The standard InChI is InChI=1S/C23H25N3O3S.C17H23N3O6.C17H25N3O3.C15H18N2O5.C12H15NO3/c1-4-17-11-13-18(14-12-17)23(27)24-15-16-25-30(28,29)22-10-6-7-19-20(22)8-5-9-21(19)26(2)3;1-2-13-3-5-14(6-4-13)17(23)18-9-10-25-11-12-26-20-16(22)8-7-15(21)19-24;1-2-13-6-8-14(9-7-13)16(21)20-12-11-19-15(17(22)23)5-3-4-10-18;1-2-10-3-5-11(6-4-10)14(20)17-8-7-16-12(15(21)22)9-13(18)19;1-2-9-3-5-10(6-4-9)12(16)13-7-11(15)8-14/h4-14,25H,1,15-16H2,2-3H3,(H,24,27);2-6,24H,1,7-12H2,(H,18,23)(H,19,21)(H,20,22);2,6-9,15,19H,1,3-5,10-12,18H2,(H,20,21)(H,22,23);2-6,12,16H,1,7-9H2,(H,17,20)(H,18,19)(H,21,22);2-6,11,14-15H,1,7-8H2,(H,13,16)/t;;15-;12-;/m..00./s1. The number of hydroxylamine groups is 2. The number of ether oxygens (including phenoxy) is 1. The molecule has 7 rings (SSSR count). The number of sulfonamides is 1. The molecule has 0 bridgehead atoms. The van der Waals surface area contributed by atoms with Gasteiger partial charge in [-0.25, -0.2) is 24.1 Å². The Morgan fingerprint density at radius 2 is 0.872 bits per heavy atom. The number of nitrogens with two attached hydrogens (primary N) is 1. The van der Waals surface area contributed by atoms with Crippen LogP contribution in [0.2, 0.25) is 0 Å². The zero-order valence-corrected chi connectivity index (χ0v) is 66.2. The second kappa shape index (κ2) is 56.0. The highest BCUT2D eigenvalue weighted by Crippen LogP contribution is 2.30. The van der Waals surface area contributed by atoms with Crippen molar-refractivity contribution in [3.63, 3.8) is 0 Å². The number of aliphatic hydroxyl groups excluding tert-OH is 2. The summed E-state index contributed by atoms with van der Waals surface area (Å²) in [4.78, 5) is 121. The molecule has 0 saturated heterocycles. The van der Waals surface area contributed by atoms with Crippen LogP contribution < -0.4 is 63.5 Å². The van der Waals surface area contributed by atoms with Crippen LogP contribution in [-0.4, -0.2) is 216 Å². The van der Waals surface area contributed by atoms with Crippen molar-refractivity contribution in [2.75, 3.05) is 104 Å². The van der Waals surface area contributed by atoms with Gasteiger partial charge in [0, 0.05) is 124 Å². The van der Waals surface area contributed by atoms with Gasteiger partial charge >= 0.3 is 17.9 Å². The molecule has 0 aliphatic carbocycles. The molecule has 33 heteroatoms. The normalized spacial score (nSPS) is 11.2. The number of hydrogen-bond donors (Lipinski definition) is 17. The summed E-state index contributed by atoms with van der Waals surface area (Å²) in [6, 6.07) is 43.9. The van der Waals surface area contributed by atoms with E-state index in [0.29, 0.717) is 72.4 Å². The number of benzene rings is 7. The molecular weight excluding hydrogens is 1530 g/mol. The Labute approximate surface area is 680 Å². The summed E-state index contributed by atoms with van der Waals surface area (Å²) >= 11 is 0. The van der Waals surface area contributed by atoms with Crippen molar-refractivity contribution in [1.29, 1.82) is 0 Å². The second-order valence-corrected chi connectivity index (χ2v) is 26.9. The first-order chi connectivity index (χ1) is 56.1. The largest absolute Gasteiger partial charge is 0.481 e. The van der Waals surface area contributed by atoms with E-state index in [2.05, 4.69) is 80.3 Å². The van der Waals surface area contributed by atoms with E-state index < -0.39 is 64.4 Å². The quantitative estimate of drug-likeness (QED) is 0.0120. The minimum Gasteiger partial charge on any atom is -0.481 e. The molecule has 7 amide bonds. The number of carboxylic acid groups (broad SMARTS) is 3. The molecular formula is C84H106N12O20S. The number of fused-ring (bicyclic) bond motifs is 1. The maximum atomic E-state index is 12.9. The topological polar surface area (TPSA) is 494 Å². The van der Waals surface area contributed by atoms with E-state index in [9.17, 15) is 56.4 Å². The molecule has 32 nitrogen and oxygen atoms in total. The molecule has 7 aromatic carbocycles. The lowest BCUT2D eigenvalue weighted by atomic mass is 10.1. The van der Waals surface area contributed by atoms with E-state index in [4.69, 9.17) is 46.0 Å². The maximum Gasteiger partial charge on any atom is 0.321 e. The minimum atomic E-state index is -3.73. The lowest BCUT2D eigenvalue weighted by Gasteiger charge is -2.17. The average Bonchev–Trinajstić information content (AvgIpc) is 0.776. The number of carbonyl (C=O) groups is 10. The van der Waals surface area contributed by atoms with Crippen LogP contribution in [0.15, 0.2) is 196 Å². The fourth-order valence-electron chi connectivity index (χ4n) is 9.94. The highest BCUT2D eigenvalue weighted by molar-refractivity contribution is 7.89. The summed E-state index contributed by atoms with van der Waals surface area (Å²) in [6.45, 7) is 20.8. The smallest absolute Gasteiger partial charge is 0.321 e. The Morgan fingerprint density at radius 3 is 1.26 bits per heavy atom. The number of carbonyl (C=O) groups excluding carboxylic acids is 7. The maximum absolute atomic E-state index is 12.9. The molecule has 628 valence electrons. The zero-order chi connectivity index (χ0) is 86.5. The molecule has 0 radical (unpaired) electrons. The van der Waals surface area contributed by atoms with Gasteiger partial charge in [0.2, 0.25) is 21.8 Å². The lowest BCUT2D eigenvalue weighted by Crippen LogP contribution is -2.42. The van der Waals surface area contributed by atoms with Crippen LogP contribution in [-0.2, 0) is 43.6 Å². The number of aliphatic carboxylic acids is 3. The number of rotatable bonds is 45. The minimum absolute atomic E-state index is 0.0402. The van der Waals surface area contributed by atoms with Crippen molar-refractivity contribution in [3.05, 3.63) is 246 Å². The molecule has 0 heterocycles. The molecule has 0 saturated carbocycles. The molecule has 7 aromatic rings. The summed E-state index contributed by atoms with van der Waals surface area (Å²) in [5.74, 6) is -5.66. The van der Waals surface area contributed by atoms with E-state index in [1.165, 1.54) is 5.48 Å². The Hall–Kier alpha value is -12.4. The predicted molar refractivity (Wildman–Crippen MR) is 449 cm³/mol. The van der Waals surface area contributed by atoms with Gasteiger partial charge in [-0.3, -0.25) is 58.0 Å². The number of aliphatic hydroxyl groups is 2. The van der Waals surface area contributed by atoms with Crippen LogP contribution in [0.25, 0.3) is 41.2 Å². The molecule has 117 heavy (non-hydrogen) atoms. The van der Waals surface area contributed by atoms with Gasteiger partial charge in [-0.05, 0) is 120 Å². The van der Waals surface area contributed by atoms with Crippen LogP contribution in [0, 0.1) is 0 Å². The van der Waals surface area contributed by atoms with Gasteiger partial charge in [0.05, 0.1) is 43.8 Å². The third-order valence-electron chi connectivity index (χ3n) is 16.4. The molecule has 0 spiro atoms. The van der Waals surface area contributed by atoms with E-state index in [0.717, 1.165) is 51.7 Å². The monoisotopic (exact) mass is 1630 g/mol. The predicted octanol–water partition coefficient (Wildman–Crippen LogP) is 5.89. The van der Waals surface area contributed by atoms with Gasteiger partial charge in [-0.1, -0.05) is 155 Å². The van der Waals surface area contributed by atoms with E-state index in [1.54, 1.807) is 158 Å². The zero-order valence-electron chi connectivity index (χ0n) is 65.4. The van der Waals surface area contributed by atoms with Crippen LogP contribution in [0.4, 0.5) is 5.69 Å². The Balaban J connectivity index is 0.000000383. The summed E-state index contributed by atoms with van der Waals surface area (Å²) < 4.78 is 33.6. The molecule has 0 fully saturated rings. The van der Waals surface area contributed by atoms with E-state index in [-0.39, 0.29) is 99.8 Å². The number of unbranched alkanes of at least 4 members (excludes halogenated alkanes) is 1. The van der Waals surface area contributed by atoms with Gasteiger partial charge in [0.1, 0.15) is 12.1 Å². The SMILES string of the molecule is C=Cc1ccc(C(=O)NCC(O)CO)cc1.C=Cc1ccc(C(=O)NCCNS(=O)(=O)c2cccc3c(N(C)C)cccc23)cc1.C=Cc1ccc(C(=O)NCCN[C@@H](CC(=O)O)C(=O)O)cc1.C=Cc1ccc(C(=O)NCCN[C@@H](CCCCN)C(=O)O)cc1.C=Cc1ccc(C(=O)NCCOCCONC(=O)CCC(=O)NO)cc1. The summed E-state index contributed by atoms with van der Waals surface area (Å²) in [5, 5.41) is 72.8. The van der Waals surface area contributed by atoms with E-state index in [1.807, 2.05) is 49.3 Å². The first-order valence-electron chi connectivity index (χ1n) is 36.9. The second-order valence-electron chi connectivity index (χ2n) is 25.2. The van der Waals surface area contributed by atoms with Crippen LogP contribution in [0.3, 0.4) is 0 Å². The van der Waals surface area contributed by atoms with Crippen molar-refractivity contribution in [2.24, 2.45) is 5.73 Å². The number of hydrogen-bond acceptors (Lipinski definition) is 21. The lowest BCUT2D eigenvalue weighted by molar-refractivity contribution is -0.145. The van der Waals surface area contributed by atoms with Crippen LogP contribution in [0.5, 0.6) is 0 Å². The molecule has 1 unspecified atom stereocenters. The number of nitrogens with one attached hydrogen (secondary N) is 10. The van der Waals surface area contributed by atoms with Crippen LogP contribution >= 0.6 is 0 Å². The van der Waals surface area contributed by atoms with Gasteiger partial charge in [0.25, 0.3) is 29.5 Å². The van der Waals surface area contributed by atoms with Crippen molar-refractivity contribution in [3.8, 4) is 0 Å². The first kappa shape index (κ1) is 98.8. The molecule has 3 atom stereocenters. The van der Waals surface area contributed by atoms with Crippen molar-refractivity contribution in [2.45, 2.75) is 61.6 Å². The highest BCUT2D eigenvalue weighted by Gasteiger charge is 2.22. The van der Waals surface area contributed by atoms with Crippen molar-refractivity contribution < 1.29 is 96.7 Å². The molecule has 18 N–H and O–H groups in total. The third kappa shape index (κ3) is 39.0. The third-order valence-corrected chi connectivity index (χ3v) is 17.9. The number of anilines is 1. The summed E-state index contributed by atoms with van der Waals surface area (Å²) in [6.07, 6.45) is 8.89. The summed E-state index contributed by atoms with van der Waals surface area (Å²) in [7, 11) is 0.105. The van der Waals surface area contributed by atoms with Gasteiger partial charge < -0.3 is 78.1 Å². The number of carboxylic acids is 3. The Bertz CT molecular complexity index is 4480. The van der Waals surface area contributed by atoms with Gasteiger partial charge in [-0.2, -0.15) is 0 Å². The number of nitrogens with zero attached hydrogens (tertiary/aromatic N) is 1. The number of amides is 7. The van der Waals surface area contributed by atoms with Gasteiger partial charge in [-0.15, -0.1) is 0 Å². The Kier molecular flexibility index (Phi) is 47.2. The summed E-state index contributed by atoms with van der Waals surface area (Å²) in [5.41, 5.74) is 17.2. The average molecular weight is 1640 g/mol. The first-order valence-corrected chi connectivity index (χ1v) is 38.3.